The highest BCUT2D eigenvalue weighted by Crippen LogP contribution is 2.41. The molecule has 338 valence electrons. The van der Waals surface area contributed by atoms with E-state index in [1.807, 2.05) is 12.1 Å². The van der Waals surface area contributed by atoms with Gasteiger partial charge in [0.05, 0.1) is 0 Å². The number of benzene rings is 12. The summed E-state index contributed by atoms with van der Waals surface area (Å²) in [6.45, 7) is 0. The van der Waals surface area contributed by atoms with Gasteiger partial charge in [-0.3, -0.25) is 0 Å². The summed E-state index contributed by atoms with van der Waals surface area (Å²) in [5.41, 5.74) is 21.4. The molecule has 0 N–H and O–H groups in total. The number of hydrogen-bond acceptors (Lipinski definition) is 2. The Balaban J connectivity index is 0.839. The Kier molecular flexibility index (Phi) is 10.9. The number of rotatable bonds is 10. The van der Waals surface area contributed by atoms with Crippen LogP contribution in [0.3, 0.4) is 0 Å². The molecule has 0 saturated heterocycles. The number of para-hydroxylation sites is 2. The minimum Gasteiger partial charge on any atom is -0.455 e. The molecule has 0 aliphatic carbocycles. The van der Waals surface area contributed by atoms with E-state index in [2.05, 4.69) is 278 Å². The maximum Gasteiger partial charge on any atom is 0.143 e. The molecule has 0 fully saturated rings. The number of nitrogens with zero attached hydrogens (tertiary/aromatic N) is 1. The van der Waals surface area contributed by atoms with Crippen molar-refractivity contribution in [3.8, 4) is 77.9 Å². The molecule has 13 aromatic rings. The predicted octanol–water partition coefficient (Wildman–Crippen LogP) is 19.9. The molecular weight excluding hydrogens is 871 g/mol. The van der Waals surface area contributed by atoms with Crippen molar-refractivity contribution in [3.63, 3.8) is 0 Å². The van der Waals surface area contributed by atoms with Crippen molar-refractivity contribution >= 4 is 49.8 Å². The van der Waals surface area contributed by atoms with Crippen LogP contribution >= 0.6 is 0 Å². The molecule has 0 spiro atoms. The summed E-state index contributed by atoms with van der Waals surface area (Å²) in [4.78, 5) is 2.35. The van der Waals surface area contributed by atoms with Crippen LogP contribution in [0.15, 0.2) is 290 Å². The van der Waals surface area contributed by atoms with Gasteiger partial charge >= 0.3 is 0 Å². The molecule has 0 bridgehead atoms. The second kappa shape index (κ2) is 18.4. The summed E-state index contributed by atoms with van der Waals surface area (Å²) in [5, 5.41) is 4.76. The highest BCUT2D eigenvalue weighted by Gasteiger charge is 2.17. The van der Waals surface area contributed by atoms with E-state index in [4.69, 9.17) is 4.42 Å². The van der Waals surface area contributed by atoms with E-state index in [0.29, 0.717) is 0 Å². The van der Waals surface area contributed by atoms with Gasteiger partial charge in [0.1, 0.15) is 11.2 Å². The molecule has 0 aliphatic rings. The molecule has 12 aromatic carbocycles. The van der Waals surface area contributed by atoms with Crippen molar-refractivity contribution in [2.24, 2.45) is 0 Å². The highest BCUT2D eigenvalue weighted by molar-refractivity contribution is 6.09. The van der Waals surface area contributed by atoms with Gasteiger partial charge in [0.15, 0.2) is 0 Å². The lowest BCUT2D eigenvalue weighted by Gasteiger charge is -2.26. The molecule has 1 heterocycles. The van der Waals surface area contributed by atoms with Gasteiger partial charge in [0, 0.05) is 33.4 Å². The van der Waals surface area contributed by atoms with Crippen LogP contribution in [0.2, 0.25) is 0 Å². The summed E-state index contributed by atoms with van der Waals surface area (Å²) in [6, 6.07) is 103. The Morgan fingerprint density at radius 1 is 0.222 bits per heavy atom. The van der Waals surface area contributed by atoms with E-state index >= 15 is 0 Å². The zero-order chi connectivity index (χ0) is 47.8. The van der Waals surface area contributed by atoms with Crippen LogP contribution in [-0.2, 0) is 0 Å². The van der Waals surface area contributed by atoms with Gasteiger partial charge in [-0.05, 0) is 156 Å². The van der Waals surface area contributed by atoms with E-state index in [0.717, 1.165) is 61.3 Å². The highest BCUT2D eigenvalue weighted by atomic mass is 16.3. The summed E-state index contributed by atoms with van der Waals surface area (Å²) in [5.74, 6) is 0. The van der Waals surface area contributed by atoms with E-state index in [9.17, 15) is 0 Å². The van der Waals surface area contributed by atoms with E-state index in [1.165, 1.54) is 66.4 Å². The van der Waals surface area contributed by atoms with Crippen LogP contribution in [0.1, 0.15) is 0 Å². The fourth-order valence-electron chi connectivity index (χ4n) is 10.3. The topological polar surface area (TPSA) is 16.4 Å². The third-order valence-electron chi connectivity index (χ3n) is 14.1. The second-order valence-corrected chi connectivity index (χ2v) is 18.5. The molecule has 13 rings (SSSR count). The third kappa shape index (κ3) is 8.21. The zero-order valence-electron chi connectivity index (χ0n) is 39.5. The first-order chi connectivity index (χ1) is 35.6. The van der Waals surface area contributed by atoms with Gasteiger partial charge in [-0.2, -0.15) is 0 Å². The summed E-state index contributed by atoms with van der Waals surface area (Å²) >= 11 is 0. The predicted molar refractivity (Wildman–Crippen MR) is 304 cm³/mol. The summed E-state index contributed by atoms with van der Waals surface area (Å²) < 4.78 is 6.47. The normalized spacial score (nSPS) is 11.3. The summed E-state index contributed by atoms with van der Waals surface area (Å²) in [7, 11) is 0. The lowest BCUT2D eigenvalue weighted by Crippen LogP contribution is -2.09. The maximum absolute atomic E-state index is 6.47. The molecular formula is C70H47NO. The molecule has 0 amide bonds. The van der Waals surface area contributed by atoms with Crippen LogP contribution in [0, 0.1) is 0 Å². The first-order valence-corrected chi connectivity index (χ1v) is 24.6. The van der Waals surface area contributed by atoms with Crippen LogP contribution in [0.25, 0.3) is 111 Å². The van der Waals surface area contributed by atoms with Gasteiger partial charge in [-0.1, -0.05) is 212 Å². The Bertz CT molecular complexity index is 3980. The number of anilines is 3. The van der Waals surface area contributed by atoms with E-state index in [1.54, 1.807) is 0 Å². The Morgan fingerprint density at radius 2 is 0.597 bits per heavy atom. The van der Waals surface area contributed by atoms with Crippen molar-refractivity contribution in [1.29, 1.82) is 0 Å². The van der Waals surface area contributed by atoms with Gasteiger partial charge in [-0.15, -0.1) is 0 Å². The number of fused-ring (bicyclic) bond motifs is 4. The van der Waals surface area contributed by atoms with E-state index < -0.39 is 0 Å². The zero-order valence-corrected chi connectivity index (χ0v) is 39.5. The minimum absolute atomic E-state index is 0.899. The molecule has 2 heteroatoms. The van der Waals surface area contributed by atoms with Crippen LogP contribution in [-0.4, -0.2) is 0 Å². The molecule has 0 aliphatic heterocycles. The SMILES string of the molecule is c1ccc(-c2cc(-c3ccccc3)cc(-c3ccc(N(c4ccc(-c5ccc(-c6cccc(-c7ccc8ccccc8c7)c6)cc5)cc4)c4ccc(-c5cccc6c5oc5ccccc56)cc4)cc3)c2)cc1. The Labute approximate surface area is 420 Å². The van der Waals surface area contributed by atoms with Crippen LogP contribution in [0.4, 0.5) is 17.1 Å². The smallest absolute Gasteiger partial charge is 0.143 e. The largest absolute Gasteiger partial charge is 0.455 e. The average molecular weight is 918 g/mol. The molecule has 2 nitrogen and oxygen atoms in total. The molecule has 0 radical (unpaired) electrons. The maximum atomic E-state index is 6.47. The average Bonchev–Trinajstić information content (AvgIpc) is 3.85. The number of hydrogen-bond donors (Lipinski definition) is 0. The monoisotopic (exact) mass is 917 g/mol. The minimum atomic E-state index is 0.899. The molecule has 0 unspecified atom stereocenters. The Hall–Kier alpha value is -9.50. The van der Waals surface area contributed by atoms with Crippen molar-refractivity contribution < 1.29 is 4.42 Å². The van der Waals surface area contributed by atoms with Gasteiger partial charge < -0.3 is 9.32 Å². The van der Waals surface area contributed by atoms with Crippen molar-refractivity contribution in [1.82, 2.24) is 0 Å². The summed E-state index contributed by atoms with van der Waals surface area (Å²) in [6.07, 6.45) is 0. The van der Waals surface area contributed by atoms with E-state index in [-0.39, 0.29) is 0 Å². The van der Waals surface area contributed by atoms with Crippen LogP contribution in [0.5, 0.6) is 0 Å². The van der Waals surface area contributed by atoms with Crippen molar-refractivity contribution in [3.05, 3.63) is 285 Å². The Morgan fingerprint density at radius 3 is 1.19 bits per heavy atom. The fourth-order valence-corrected chi connectivity index (χ4v) is 10.3. The van der Waals surface area contributed by atoms with Crippen LogP contribution < -0.4 is 4.90 Å². The lowest BCUT2D eigenvalue weighted by molar-refractivity contribution is 0.670. The quantitative estimate of drug-likeness (QED) is 0.136. The first-order valence-electron chi connectivity index (χ1n) is 24.6. The molecule has 1 aromatic heterocycles. The first kappa shape index (κ1) is 42.6. The van der Waals surface area contributed by atoms with Gasteiger partial charge in [0.25, 0.3) is 0 Å². The third-order valence-corrected chi connectivity index (χ3v) is 14.1. The fraction of sp³-hybridized carbons (Fsp3) is 0. The van der Waals surface area contributed by atoms with Crippen molar-refractivity contribution in [2.45, 2.75) is 0 Å². The second-order valence-electron chi connectivity index (χ2n) is 18.5. The standard InChI is InChI=1S/C70H47NO/c1-3-13-48(14-4-1)60-45-61(49-15-5-2-6-16-49)47-62(46-60)54-33-39-64(40-34-54)71(65-41-35-55(36-42-65)66-22-12-23-68-67-21-9-10-24-69(67)72-70(66)68)63-37-31-52(32-38-63)51-25-27-53(28-26-51)57-19-11-20-58(43-57)59-30-29-50-17-7-8-18-56(50)44-59/h1-47H. The molecule has 0 saturated carbocycles. The molecule has 0 atom stereocenters. The number of furan rings is 1. The van der Waals surface area contributed by atoms with Gasteiger partial charge in [-0.25, -0.2) is 0 Å². The lowest BCUT2D eigenvalue weighted by atomic mass is 9.93. The molecule has 72 heavy (non-hydrogen) atoms. The van der Waals surface area contributed by atoms with Gasteiger partial charge in [0.2, 0.25) is 0 Å². The van der Waals surface area contributed by atoms with Crippen molar-refractivity contribution in [2.75, 3.05) is 4.90 Å².